The number of hydrogen-bond donors (Lipinski definition) is 1. The minimum atomic E-state index is -0.858. The molecule has 0 aromatic heterocycles. The van der Waals surface area contributed by atoms with Gasteiger partial charge in [-0.25, -0.2) is 0 Å². The number of carboxylic acids is 1. The Bertz CT molecular complexity index is 504. The molecule has 1 N–H and O–H groups in total. The van der Waals surface area contributed by atoms with E-state index in [4.69, 9.17) is 0 Å². The summed E-state index contributed by atoms with van der Waals surface area (Å²) in [6, 6.07) is 19.6. The van der Waals surface area contributed by atoms with Gasteiger partial charge in [-0.2, -0.15) is 0 Å². The molecule has 2 nitrogen and oxygen atoms in total. The monoisotopic (exact) mass is 254 g/mol. The van der Waals surface area contributed by atoms with Crippen LogP contribution in [0.1, 0.15) is 30.9 Å². The fraction of sp³-hybridized carbons (Fsp3) is 0.235. The second-order valence-corrected chi connectivity index (χ2v) is 5.28. The molecule has 0 spiro atoms. The van der Waals surface area contributed by atoms with Gasteiger partial charge in [0.25, 0.3) is 0 Å². The Labute approximate surface area is 113 Å². The fourth-order valence-electron chi connectivity index (χ4n) is 2.44. The lowest BCUT2D eigenvalue weighted by molar-refractivity contribution is -0.147. The molecule has 2 aromatic rings. The third-order valence-electron chi connectivity index (χ3n) is 3.54. The Morgan fingerprint density at radius 1 is 0.895 bits per heavy atom. The van der Waals surface area contributed by atoms with E-state index in [1.807, 2.05) is 60.7 Å². The molecule has 0 aliphatic carbocycles. The van der Waals surface area contributed by atoms with E-state index in [1.54, 1.807) is 13.8 Å². The second-order valence-electron chi connectivity index (χ2n) is 5.28. The summed E-state index contributed by atoms with van der Waals surface area (Å²) in [5.74, 6) is -0.947. The van der Waals surface area contributed by atoms with Crippen LogP contribution in [0.15, 0.2) is 60.7 Å². The van der Waals surface area contributed by atoms with Crippen LogP contribution in [0.5, 0.6) is 0 Å². The highest BCUT2D eigenvalue weighted by atomic mass is 16.4. The lowest BCUT2D eigenvalue weighted by Crippen LogP contribution is -2.32. The lowest BCUT2D eigenvalue weighted by atomic mass is 9.71. The average Bonchev–Trinajstić information content (AvgIpc) is 2.41. The van der Waals surface area contributed by atoms with Crippen LogP contribution >= 0.6 is 0 Å². The first-order valence-electron chi connectivity index (χ1n) is 6.37. The molecule has 0 bridgehead atoms. The zero-order chi connectivity index (χ0) is 13.9. The molecule has 0 heterocycles. The van der Waals surface area contributed by atoms with E-state index < -0.39 is 11.4 Å². The molecule has 2 heteroatoms. The van der Waals surface area contributed by atoms with Crippen LogP contribution in [0, 0.1) is 5.41 Å². The lowest BCUT2D eigenvalue weighted by Gasteiger charge is -2.31. The minimum Gasteiger partial charge on any atom is -0.481 e. The summed E-state index contributed by atoms with van der Waals surface area (Å²) in [6.45, 7) is 3.56. The Morgan fingerprint density at radius 2 is 1.26 bits per heavy atom. The van der Waals surface area contributed by atoms with Crippen LogP contribution in [0.25, 0.3) is 0 Å². The van der Waals surface area contributed by atoms with Crippen LogP contribution in [0.2, 0.25) is 0 Å². The van der Waals surface area contributed by atoms with Gasteiger partial charge in [0.15, 0.2) is 0 Å². The Morgan fingerprint density at radius 3 is 1.58 bits per heavy atom. The molecule has 2 aromatic carbocycles. The van der Waals surface area contributed by atoms with Crippen LogP contribution in [0.4, 0.5) is 0 Å². The Balaban J connectivity index is 2.55. The van der Waals surface area contributed by atoms with Crippen molar-refractivity contribution in [3.63, 3.8) is 0 Å². The quantitative estimate of drug-likeness (QED) is 0.897. The molecule has 0 aliphatic heterocycles. The predicted molar refractivity (Wildman–Crippen MR) is 76.1 cm³/mol. The van der Waals surface area contributed by atoms with Gasteiger partial charge in [-0.1, -0.05) is 60.7 Å². The maximum atomic E-state index is 11.6. The van der Waals surface area contributed by atoms with Gasteiger partial charge < -0.3 is 5.11 Å². The summed E-state index contributed by atoms with van der Waals surface area (Å²) in [5, 5.41) is 9.53. The summed E-state index contributed by atoms with van der Waals surface area (Å²) in [6.07, 6.45) is 0. The predicted octanol–water partition coefficient (Wildman–Crippen LogP) is 3.93. The number of hydrogen-bond acceptors (Lipinski definition) is 1. The molecule has 0 saturated carbocycles. The van der Waals surface area contributed by atoms with Crippen molar-refractivity contribution in [2.75, 3.05) is 0 Å². The van der Waals surface area contributed by atoms with Gasteiger partial charge in [-0.15, -0.1) is 0 Å². The maximum Gasteiger partial charge on any atom is 0.310 e. The van der Waals surface area contributed by atoms with Gasteiger partial charge >= 0.3 is 5.97 Å². The number of aliphatic carboxylic acids is 1. The number of carbonyl (C=O) groups is 1. The zero-order valence-electron chi connectivity index (χ0n) is 11.2. The van der Waals surface area contributed by atoms with E-state index in [2.05, 4.69) is 0 Å². The Kier molecular flexibility index (Phi) is 3.70. The number of carboxylic acid groups (broad SMARTS) is 1. The zero-order valence-corrected chi connectivity index (χ0v) is 11.2. The molecule has 98 valence electrons. The molecule has 0 atom stereocenters. The summed E-state index contributed by atoms with van der Waals surface area (Å²) in [7, 11) is 0. The highest BCUT2D eigenvalue weighted by Gasteiger charge is 2.38. The van der Waals surface area contributed by atoms with Gasteiger partial charge in [0.2, 0.25) is 0 Å². The highest BCUT2D eigenvalue weighted by molar-refractivity contribution is 5.76. The van der Waals surface area contributed by atoms with E-state index in [0.717, 1.165) is 11.1 Å². The van der Waals surface area contributed by atoms with Crippen molar-refractivity contribution < 1.29 is 9.90 Å². The van der Waals surface area contributed by atoms with Gasteiger partial charge in [0.1, 0.15) is 0 Å². The standard InChI is InChI=1S/C17H18O2/c1-17(2,16(18)19)15(13-9-5-3-6-10-13)14-11-7-4-8-12-14/h3-12,15H,1-2H3,(H,18,19). The molecule has 19 heavy (non-hydrogen) atoms. The van der Waals surface area contributed by atoms with Crippen molar-refractivity contribution in [2.24, 2.45) is 5.41 Å². The van der Waals surface area contributed by atoms with Crippen molar-refractivity contribution in [1.82, 2.24) is 0 Å². The summed E-state index contributed by atoms with van der Waals surface area (Å²) < 4.78 is 0. The largest absolute Gasteiger partial charge is 0.481 e. The Hall–Kier alpha value is -2.09. The fourth-order valence-corrected chi connectivity index (χ4v) is 2.44. The topological polar surface area (TPSA) is 37.3 Å². The molecule has 0 amide bonds. The second kappa shape index (κ2) is 5.27. The molecular weight excluding hydrogens is 236 g/mol. The van der Waals surface area contributed by atoms with Crippen molar-refractivity contribution in [1.29, 1.82) is 0 Å². The number of benzene rings is 2. The summed E-state index contributed by atoms with van der Waals surface area (Å²) in [5.41, 5.74) is 1.20. The van der Waals surface area contributed by atoms with Crippen molar-refractivity contribution in [2.45, 2.75) is 19.8 Å². The normalized spacial score (nSPS) is 11.5. The van der Waals surface area contributed by atoms with Crippen molar-refractivity contribution >= 4 is 5.97 Å². The smallest absolute Gasteiger partial charge is 0.310 e. The first-order chi connectivity index (χ1) is 9.03. The van der Waals surface area contributed by atoms with Crippen molar-refractivity contribution in [3.8, 4) is 0 Å². The molecule has 0 saturated heterocycles. The van der Waals surface area contributed by atoms with Crippen molar-refractivity contribution in [3.05, 3.63) is 71.8 Å². The van der Waals surface area contributed by atoms with Gasteiger partial charge in [-0.05, 0) is 25.0 Å². The van der Waals surface area contributed by atoms with Crippen LogP contribution in [-0.4, -0.2) is 11.1 Å². The van der Waals surface area contributed by atoms with Crippen LogP contribution in [-0.2, 0) is 4.79 Å². The van der Waals surface area contributed by atoms with Gasteiger partial charge in [0, 0.05) is 5.92 Å². The third-order valence-corrected chi connectivity index (χ3v) is 3.54. The van der Waals surface area contributed by atoms with E-state index >= 15 is 0 Å². The maximum absolute atomic E-state index is 11.6. The van der Waals surface area contributed by atoms with E-state index in [9.17, 15) is 9.90 Å². The van der Waals surface area contributed by atoms with E-state index in [1.165, 1.54) is 0 Å². The average molecular weight is 254 g/mol. The van der Waals surface area contributed by atoms with Crippen LogP contribution in [0.3, 0.4) is 0 Å². The molecule has 0 fully saturated rings. The number of rotatable bonds is 4. The SMILES string of the molecule is CC(C)(C(=O)O)C(c1ccccc1)c1ccccc1. The first-order valence-corrected chi connectivity index (χ1v) is 6.37. The third kappa shape index (κ3) is 2.68. The molecule has 2 rings (SSSR count). The van der Waals surface area contributed by atoms with Gasteiger partial charge in [0.05, 0.1) is 5.41 Å². The van der Waals surface area contributed by atoms with E-state index in [0.29, 0.717) is 0 Å². The minimum absolute atomic E-state index is 0.160. The molecule has 0 aliphatic rings. The molecular formula is C17H18O2. The molecule has 0 radical (unpaired) electrons. The van der Waals surface area contributed by atoms with E-state index in [-0.39, 0.29) is 5.92 Å². The summed E-state index contributed by atoms with van der Waals surface area (Å²) >= 11 is 0. The first kappa shape index (κ1) is 13.3. The highest BCUT2D eigenvalue weighted by Crippen LogP contribution is 2.40. The molecule has 0 unspecified atom stereocenters. The van der Waals surface area contributed by atoms with Gasteiger partial charge in [-0.3, -0.25) is 4.79 Å². The van der Waals surface area contributed by atoms with Crippen LogP contribution < -0.4 is 0 Å². The summed E-state index contributed by atoms with van der Waals surface area (Å²) in [4.78, 5) is 11.6.